The van der Waals surface area contributed by atoms with E-state index in [0.717, 1.165) is 5.56 Å². The number of carbonyl (C=O) groups excluding carboxylic acids is 1. The maximum absolute atomic E-state index is 11.4. The van der Waals surface area contributed by atoms with Crippen molar-refractivity contribution in [3.8, 4) is 0 Å². The summed E-state index contributed by atoms with van der Waals surface area (Å²) >= 11 is 0. The van der Waals surface area contributed by atoms with Gasteiger partial charge in [0.15, 0.2) is 0 Å². The van der Waals surface area contributed by atoms with Crippen molar-refractivity contribution in [2.24, 2.45) is 5.73 Å². The number of aromatic nitrogens is 1. The van der Waals surface area contributed by atoms with Gasteiger partial charge in [-0.3, -0.25) is 4.98 Å². The number of nitrogens with zero attached hydrogens (tertiary/aromatic N) is 1. The van der Waals surface area contributed by atoms with E-state index in [-0.39, 0.29) is 6.04 Å². The molecule has 1 unspecified atom stereocenters. The zero-order chi connectivity index (χ0) is 12.9. The van der Waals surface area contributed by atoms with Crippen LogP contribution in [-0.4, -0.2) is 23.2 Å². The Hall–Kier alpha value is -1.62. The number of hydrogen-bond acceptors (Lipinski definition) is 4. The van der Waals surface area contributed by atoms with Crippen molar-refractivity contribution in [2.75, 3.05) is 6.54 Å². The molecule has 5 nitrogen and oxygen atoms in total. The van der Waals surface area contributed by atoms with Crippen molar-refractivity contribution >= 4 is 6.09 Å². The molecule has 17 heavy (non-hydrogen) atoms. The highest BCUT2D eigenvalue weighted by atomic mass is 16.6. The average Bonchev–Trinajstić information content (AvgIpc) is 2.25. The van der Waals surface area contributed by atoms with Crippen molar-refractivity contribution < 1.29 is 9.53 Å². The Morgan fingerprint density at radius 3 is 2.59 bits per heavy atom. The molecule has 5 heteroatoms. The normalized spacial score (nSPS) is 12.9. The molecule has 1 aromatic heterocycles. The SMILES string of the molecule is CC(C)(C)OC(=O)NCC(N)c1ccncc1. The minimum absolute atomic E-state index is 0.259. The summed E-state index contributed by atoms with van der Waals surface area (Å²) in [6, 6.07) is 3.38. The first kappa shape index (κ1) is 13.4. The summed E-state index contributed by atoms with van der Waals surface area (Å²) in [5, 5.41) is 2.63. The number of nitrogens with two attached hydrogens (primary N) is 1. The van der Waals surface area contributed by atoms with E-state index in [0.29, 0.717) is 6.54 Å². The number of hydrogen-bond donors (Lipinski definition) is 2. The largest absolute Gasteiger partial charge is 0.444 e. The highest BCUT2D eigenvalue weighted by Crippen LogP contribution is 2.09. The van der Waals surface area contributed by atoms with Gasteiger partial charge in [0.25, 0.3) is 0 Å². The van der Waals surface area contributed by atoms with Gasteiger partial charge in [0.2, 0.25) is 0 Å². The lowest BCUT2D eigenvalue weighted by molar-refractivity contribution is 0.0524. The number of amides is 1. The molecular weight excluding hydrogens is 218 g/mol. The number of pyridine rings is 1. The second-order valence-corrected chi connectivity index (χ2v) is 4.77. The standard InChI is InChI=1S/C12H19N3O2/c1-12(2,3)17-11(16)15-8-10(13)9-4-6-14-7-5-9/h4-7,10H,8,13H2,1-3H3,(H,15,16). The van der Waals surface area contributed by atoms with Crippen LogP contribution in [0.1, 0.15) is 32.4 Å². The van der Waals surface area contributed by atoms with Crippen LogP contribution in [0, 0.1) is 0 Å². The van der Waals surface area contributed by atoms with Crippen molar-refractivity contribution in [1.82, 2.24) is 10.3 Å². The lowest BCUT2D eigenvalue weighted by Crippen LogP contribution is -2.36. The summed E-state index contributed by atoms with van der Waals surface area (Å²) in [5.74, 6) is 0. The Bertz CT molecular complexity index is 360. The molecule has 0 aliphatic carbocycles. The summed E-state index contributed by atoms with van der Waals surface area (Å²) in [5.41, 5.74) is 6.34. The van der Waals surface area contributed by atoms with Crippen LogP contribution < -0.4 is 11.1 Å². The number of rotatable bonds is 3. The fraction of sp³-hybridized carbons (Fsp3) is 0.500. The van der Waals surface area contributed by atoms with Crippen molar-refractivity contribution in [2.45, 2.75) is 32.4 Å². The van der Waals surface area contributed by atoms with E-state index in [1.807, 2.05) is 32.9 Å². The Morgan fingerprint density at radius 2 is 2.06 bits per heavy atom. The van der Waals surface area contributed by atoms with Crippen LogP contribution in [0.2, 0.25) is 0 Å². The van der Waals surface area contributed by atoms with Gasteiger partial charge < -0.3 is 15.8 Å². The van der Waals surface area contributed by atoms with E-state index in [1.54, 1.807) is 12.4 Å². The van der Waals surface area contributed by atoms with Crippen LogP contribution in [0.3, 0.4) is 0 Å². The quantitative estimate of drug-likeness (QED) is 0.837. The van der Waals surface area contributed by atoms with Crippen molar-refractivity contribution in [3.05, 3.63) is 30.1 Å². The second-order valence-electron chi connectivity index (χ2n) is 4.77. The molecule has 1 heterocycles. The summed E-state index contributed by atoms with van der Waals surface area (Å²) in [6.07, 6.45) is 2.88. The van der Waals surface area contributed by atoms with Crippen LogP contribution in [0.4, 0.5) is 4.79 Å². The Labute approximate surface area is 101 Å². The molecule has 0 fully saturated rings. The Morgan fingerprint density at radius 1 is 1.47 bits per heavy atom. The summed E-state index contributed by atoms with van der Waals surface area (Å²) < 4.78 is 5.11. The minimum atomic E-state index is -0.495. The predicted octanol–water partition coefficient (Wildman–Crippen LogP) is 1.61. The third-order valence-electron chi connectivity index (χ3n) is 2.00. The number of nitrogens with one attached hydrogen (secondary N) is 1. The van der Waals surface area contributed by atoms with E-state index in [1.165, 1.54) is 0 Å². The molecule has 0 spiro atoms. The molecule has 0 aliphatic heterocycles. The molecule has 3 N–H and O–H groups in total. The second kappa shape index (κ2) is 5.63. The third kappa shape index (κ3) is 5.31. The molecule has 0 saturated heterocycles. The van der Waals surface area contributed by atoms with Gasteiger partial charge in [-0.05, 0) is 38.5 Å². The van der Waals surface area contributed by atoms with Gasteiger partial charge in [-0.15, -0.1) is 0 Å². The first-order valence-electron chi connectivity index (χ1n) is 5.51. The molecule has 0 bridgehead atoms. The molecular formula is C12H19N3O2. The molecule has 0 radical (unpaired) electrons. The zero-order valence-corrected chi connectivity index (χ0v) is 10.4. The zero-order valence-electron chi connectivity index (χ0n) is 10.4. The fourth-order valence-corrected chi connectivity index (χ4v) is 1.24. The van der Waals surface area contributed by atoms with E-state index in [4.69, 9.17) is 10.5 Å². The summed E-state index contributed by atoms with van der Waals surface area (Å²) in [4.78, 5) is 15.3. The molecule has 0 aliphatic rings. The van der Waals surface area contributed by atoms with Crippen molar-refractivity contribution in [1.29, 1.82) is 0 Å². The topological polar surface area (TPSA) is 77.2 Å². The van der Waals surface area contributed by atoms with Gasteiger partial charge in [-0.1, -0.05) is 0 Å². The van der Waals surface area contributed by atoms with Gasteiger partial charge in [0, 0.05) is 25.0 Å². The van der Waals surface area contributed by atoms with Gasteiger partial charge in [-0.25, -0.2) is 4.79 Å². The first-order chi connectivity index (χ1) is 7.88. The first-order valence-corrected chi connectivity index (χ1v) is 5.51. The number of carbonyl (C=O) groups is 1. The Kier molecular flexibility index (Phi) is 4.45. The predicted molar refractivity (Wildman–Crippen MR) is 65.4 cm³/mol. The molecule has 1 atom stereocenters. The van der Waals surface area contributed by atoms with Crippen LogP contribution in [-0.2, 0) is 4.74 Å². The fourth-order valence-electron chi connectivity index (χ4n) is 1.24. The van der Waals surface area contributed by atoms with Crippen molar-refractivity contribution in [3.63, 3.8) is 0 Å². The maximum Gasteiger partial charge on any atom is 0.407 e. The summed E-state index contributed by atoms with van der Waals surface area (Å²) in [7, 11) is 0. The van der Waals surface area contributed by atoms with Gasteiger partial charge >= 0.3 is 6.09 Å². The number of ether oxygens (including phenoxy) is 1. The van der Waals surface area contributed by atoms with E-state index in [2.05, 4.69) is 10.3 Å². The van der Waals surface area contributed by atoms with Gasteiger partial charge in [-0.2, -0.15) is 0 Å². The van der Waals surface area contributed by atoms with Crippen LogP contribution in [0.25, 0.3) is 0 Å². The molecule has 0 saturated carbocycles. The lowest BCUT2D eigenvalue weighted by atomic mass is 10.1. The highest BCUT2D eigenvalue weighted by Gasteiger charge is 2.16. The molecule has 1 rings (SSSR count). The number of alkyl carbamates (subject to hydrolysis) is 1. The van der Waals surface area contributed by atoms with Crippen LogP contribution in [0.5, 0.6) is 0 Å². The van der Waals surface area contributed by atoms with E-state index >= 15 is 0 Å². The van der Waals surface area contributed by atoms with E-state index in [9.17, 15) is 4.79 Å². The van der Waals surface area contributed by atoms with E-state index < -0.39 is 11.7 Å². The monoisotopic (exact) mass is 237 g/mol. The molecule has 1 aromatic rings. The molecule has 0 aromatic carbocycles. The maximum atomic E-state index is 11.4. The van der Waals surface area contributed by atoms with Crippen LogP contribution >= 0.6 is 0 Å². The molecule has 94 valence electrons. The summed E-state index contributed by atoms with van der Waals surface area (Å²) in [6.45, 7) is 5.78. The Balaban J connectivity index is 2.39. The highest BCUT2D eigenvalue weighted by molar-refractivity contribution is 5.67. The van der Waals surface area contributed by atoms with Gasteiger partial charge in [0.1, 0.15) is 5.60 Å². The van der Waals surface area contributed by atoms with Gasteiger partial charge in [0.05, 0.1) is 0 Å². The minimum Gasteiger partial charge on any atom is -0.444 e. The average molecular weight is 237 g/mol. The lowest BCUT2D eigenvalue weighted by Gasteiger charge is -2.20. The molecule has 1 amide bonds. The van der Waals surface area contributed by atoms with Crippen LogP contribution in [0.15, 0.2) is 24.5 Å². The smallest absolute Gasteiger partial charge is 0.407 e. The third-order valence-corrected chi connectivity index (χ3v) is 2.00.